The molecule has 2 heterocycles. The second-order valence-electron chi connectivity index (χ2n) is 5.55. The van der Waals surface area contributed by atoms with Gasteiger partial charge in [0.2, 0.25) is 5.89 Å². The Morgan fingerprint density at radius 1 is 1.48 bits per heavy atom. The minimum absolute atomic E-state index is 0.140. The van der Waals surface area contributed by atoms with Crippen LogP contribution < -0.4 is 4.90 Å². The van der Waals surface area contributed by atoms with Crippen molar-refractivity contribution in [3.8, 4) is 11.5 Å². The Kier molecular flexibility index (Phi) is 4.28. The van der Waals surface area contributed by atoms with Crippen LogP contribution in [0.25, 0.3) is 11.5 Å². The monoisotopic (exact) mass is 336 g/mol. The third-order valence-electron chi connectivity index (χ3n) is 3.93. The van der Waals surface area contributed by atoms with Crippen molar-refractivity contribution >= 4 is 23.3 Å². The van der Waals surface area contributed by atoms with Gasteiger partial charge in [-0.05, 0) is 25.5 Å². The molecule has 1 aromatic carbocycles. The second-order valence-corrected chi connectivity index (χ2v) is 5.93. The average molecular weight is 337 g/mol. The van der Waals surface area contributed by atoms with Gasteiger partial charge in [-0.3, -0.25) is 0 Å². The summed E-state index contributed by atoms with van der Waals surface area (Å²) in [6.45, 7) is 5.92. The van der Waals surface area contributed by atoms with Gasteiger partial charge in [0.1, 0.15) is 6.26 Å². The largest absolute Gasteiger partial charge is 0.476 e. The molecule has 23 heavy (non-hydrogen) atoms. The van der Waals surface area contributed by atoms with E-state index in [-0.39, 0.29) is 17.6 Å². The first-order valence-corrected chi connectivity index (χ1v) is 7.69. The van der Waals surface area contributed by atoms with E-state index >= 15 is 0 Å². The lowest BCUT2D eigenvalue weighted by atomic mass is 10.1. The number of hydrogen-bond donors (Lipinski definition) is 1. The van der Waals surface area contributed by atoms with Crippen LogP contribution in [0.1, 0.15) is 23.0 Å². The molecule has 1 aliphatic rings. The molecule has 0 bridgehead atoms. The predicted molar refractivity (Wildman–Crippen MR) is 86.3 cm³/mol. The lowest BCUT2D eigenvalue weighted by Gasteiger charge is -2.36. The first-order valence-electron chi connectivity index (χ1n) is 7.31. The highest BCUT2D eigenvalue weighted by atomic mass is 35.5. The fourth-order valence-corrected chi connectivity index (χ4v) is 2.93. The highest BCUT2D eigenvalue weighted by molar-refractivity contribution is 6.34. The number of aromatic nitrogens is 1. The van der Waals surface area contributed by atoms with Crippen LogP contribution in [0.5, 0.6) is 0 Å². The SMILES string of the molecule is Cc1ccc(N2CCOCC2C)c(-c2nc(C(=O)O)co2)c1Cl. The van der Waals surface area contributed by atoms with Gasteiger partial charge in [-0.25, -0.2) is 9.78 Å². The summed E-state index contributed by atoms with van der Waals surface area (Å²) in [5.74, 6) is -0.921. The Morgan fingerprint density at radius 2 is 2.26 bits per heavy atom. The molecule has 0 aliphatic carbocycles. The Balaban J connectivity index is 2.13. The predicted octanol–water partition coefficient (Wildman–Crippen LogP) is 3.23. The maximum Gasteiger partial charge on any atom is 0.357 e. The summed E-state index contributed by atoms with van der Waals surface area (Å²) >= 11 is 6.48. The number of benzene rings is 1. The van der Waals surface area contributed by atoms with Crippen LogP contribution >= 0.6 is 11.6 Å². The molecule has 1 atom stereocenters. The first-order chi connectivity index (χ1) is 11.0. The van der Waals surface area contributed by atoms with Crippen molar-refractivity contribution in [1.29, 1.82) is 0 Å². The highest BCUT2D eigenvalue weighted by Gasteiger charge is 2.26. The molecule has 1 saturated heterocycles. The zero-order valence-electron chi connectivity index (χ0n) is 12.9. The molecule has 0 amide bonds. The summed E-state index contributed by atoms with van der Waals surface area (Å²) in [5.41, 5.74) is 2.23. The van der Waals surface area contributed by atoms with Crippen molar-refractivity contribution in [3.05, 3.63) is 34.7 Å². The molecule has 0 radical (unpaired) electrons. The number of aromatic carboxylic acids is 1. The quantitative estimate of drug-likeness (QED) is 0.927. The van der Waals surface area contributed by atoms with Crippen LogP contribution in [0.15, 0.2) is 22.8 Å². The summed E-state index contributed by atoms with van der Waals surface area (Å²) in [4.78, 5) is 17.3. The molecule has 6 nitrogen and oxygen atoms in total. The van der Waals surface area contributed by atoms with E-state index in [1.807, 2.05) is 19.1 Å². The minimum Gasteiger partial charge on any atom is -0.476 e. The third kappa shape index (κ3) is 2.92. The maximum absolute atomic E-state index is 11.1. The van der Waals surface area contributed by atoms with Crippen LogP contribution in [0.2, 0.25) is 5.02 Å². The summed E-state index contributed by atoms with van der Waals surface area (Å²) in [7, 11) is 0. The van der Waals surface area contributed by atoms with Crippen molar-refractivity contribution in [2.24, 2.45) is 0 Å². The van der Waals surface area contributed by atoms with Gasteiger partial charge in [-0.1, -0.05) is 17.7 Å². The molecular formula is C16H17ClN2O4. The Hall–Kier alpha value is -2.05. The zero-order chi connectivity index (χ0) is 16.6. The van der Waals surface area contributed by atoms with Crippen molar-refractivity contribution < 1.29 is 19.1 Å². The van der Waals surface area contributed by atoms with Crippen molar-refractivity contribution in [3.63, 3.8) is 0 Å². The van der Waals surface area contributed by atoms with Crippen molar-refractivity contribution in [1.82, 2.24) is 4.98 Å². The van der Waals surface area contributed by atoms with Gasteiger partial charge in [-0.2, -0.15) is 0 Å². The molecule has 7 heteroatoms. The standard InChI is InChI=1S/C16H17ClN2O4/c1-9-3-4-12(19-5-6-22-7-10(19)2)13(14(9)17)15-18-11(8-23-15)16(20)21/h3-4,8,10H,5-7H2,1-2H3,(H,20,21). The van der Waals surface area contributed by atoms with Gasteiger partial charge in [0.15, 0.2) is 5.69 Å². The molecule has 1 fully saturated rings. The number of anilines is 1. The second kappa shape index (κ2) is 6.22. The van der Waals surface area contributed by atoms with E-state index in [9.17, 15) is 4.79 Å². The van der Waals surface area contributed by atoms with Crippen LogP contribution in [-0.4, -0.2) is 41.9 Å². The van der Waals surface area contributed by atoms with Crippen molar-refractivity contribution in [2.75, 3.05) is 24.7 Å². The third-order valence-corrected chi connectivity index (χ3v) is 4.41. The van der Waals surface area contributed by atoms with E-state index in [1.54, 1.807) is 0 Å². The summed E-state index contributed by atoms with van der Waals surface area (Å²) < 4.78 is 10.9. The molecule has 0 saturated carbocycles. The molecule has 2 aromatic rings. The topological polar surface area (TPSA) is 75.8 Å². The smallest absolute Gasteiger partial charge is 0.357 e. The molecule has 3 rings (SSSR count). The van der Waals surface area contributed by atoms with Gasteiger partial charge in [0.05, 0.1) is 29.5 Å². The first kappa shape index (κ1) is 15.8. The van der Waals surface area contributed by atoms with E-state index in [4.69, 9.17) is 25.9 Å². The summed E-state index contributed by atoms with van der Waals surface area (Å²) in [6.07, 6.45) is 1.13. The molecule has 1 N–H and O–H groups in total. The molecule has 1 aromatic heterocycles. The number of hydrogen-bond acceptors (Lipinski definition) is 5. The van der Waals surface area contributed by atoms with Gasteiger partial charge < -0.3 is 19.2 Å². The number of aryl methyl sites for hydroxylation is 1. The summed E-state index contributed by atoms with van der Waals surface area (Å²) in [5, 5.41) is 9.56. The highest BCUT2D eigenvalue weighted by Crippen LogP contribution is 2.39. The van der Waals surface area contributed by atoms with Gasteiger partial charge in [0, 0.05) is 12.6 Å². The number of carboxylic acid groups (broad SMARTS) is 1. The lowest BCUT2D eigenvalue weighted by Crippen LogP contribution is -2.44. The molecule has 1 unspecified atom stereocenters. The molecule has 122 valence electrons. The molecule has 1 aliphatic heterocycles. The Morgan fingerprint density at radius 3 is 2.91 bits per heavy atom. The molecule has 0 spiro atoms. The lowest BCUT2D eigenvalue weighted by molar-refractivity contribution is 0.0690. The fourth-order valence-electron chi connectivity index (χ4n) is 2.68. The zero-order valence-corrected chi connectivity index (χ0v) is 13.6. The minimum atomic E-state index is -1.13. The van der Waals surface area contributed by atoms with E-state index in [2.05, 4.69) is 16.8 Å². The van der Waals surface area contributed by atoms with E-state index in [1.165, 1.54) is 0 Å². The van der Waals surface area contributed by atoms with Crippen molar-refractivity contribution in [2.45, 2.75) is 19.9 Å². The van der Waals surface area contributed by atoms with E-state index < -0.39 is 5.97 Å². The van der Waals surface area contributed by atoms with Crippen LogP contribution in [0, 0.1) is 6.92 Å². The van der Waals surface area contributed by atoms with Crippen LogP contribution in [0.3, 0.4) is 0 Å². The average Bonchev–Trinajstić information content (AvgIpc) is 3.00. The number of morpholine rings is 1. The van der Waals surface area contributed by atoms with E-state index in [0.29, 0.717) is 23.8 Å². The van der Waals surface area contributed by atoms with E-state index in [0.717, 1.165) is 24.1 Å². The number of oxazole rings is 1. The normalized spacial score (nSPS) is 18.2. The Bertz CT molecular complexity index is 744. The van der Waals surface area contributed by atoms with Crippen LogP contribution in [-0.2, 0) is 4.74 Å². The number of carbonyl (C=O) groups is 1. The summed E-state index contributed by atoms with van der Waals surface area (Å²) in [6, 6.07) is 4.07. The number of carboxylic acids is 1. The van der Waals surface area contributed by atoms with Crippen LogP contribution in [0.4, 0.5) is 5.69 Å². The number of halogens is 1. The Labute approximate surface area is 138 Å². The number of rotatable bonds is 3. The maximum atomic E-state index is 11.1. The van der Waals surface area contributed by atoms with Gasteiger partial charge >= 0.3 is 5.97 Å². The number of ether oxygens (including phenoxy) is 1. The van der Waals surface area contributed by atoms with Gasteiger partial charge in [0.25, 0.3) is 0 Å². The molecular weight excluding hydrogens is 320 g/mol. The van der Waals surface area contributed by atoms with Gasteiger partial charge in [-0.15, -0.1) is 0 Å². The number of nitrogens with zero attached hydrogens (tertiary/aromatic N) is 2. The fraction of sp³-hybridized carbons (Fsp3) is 0.375.